The first-order valence-electron chi connectivity index (χ1n) is 8.47. The molecule has 21 heavy (non-hydrogen) atoms. The van der Waals surface area contributed by atoms with E-state index in [9.17, 15) is 9.59 Å². The Kier molecular flexibility index (Phi) is 5.65. The lowest BCUT2D eigenvalue weighted by Gasteiger charge is -2.37. The standard InChI is InChI=1S/C17H29NO3/c1-11(2)13-9-8-12(3)10-16(13)21-17(20)18-14-6-4-5-7-15(14)19/h11-14,16H,4-10H2,1-3H3,(H,18,20)/t12-,13+,14?,16?/m1/s1. The summed E-state index contributed by atoms with van der Waals surface area (Å²) in [6.07, 6.45) is 6.16. The largest absolute Gasteiger partial charge is 0.446 e. The SMILES string of the molecule is CC(C)[C@@H]1CC[C@@H](C)CC1OC(=O)NC1CCCCC1=O. The third-order valence-corrected chi connectivity index (χ3v) is 5.07. The van der Waals surface area contributed by atoms with Crippen LogP contribution in [0.3, 0.4) is 0 Å². The normalized spacial score (nSPS) is 33.8. The van der Waals surface area contributed by atoms with Crippen molar-refractivity contribution < 1.29 is 14.3 Å². The molecule has 4 nitrogen and oxygen atoms in total. The summed E-state index contributed by atoms with van der Waals surface area (Å²) < 4.78 is 5.68. The van der Waals surface area contributed by atoms with Gasteiger partial charge in [-0.3, -0.25) is 4.79 Å². The molecule has 0 aliphatic heterocycles. The van der Waals surface area contributed by atoms with E-state index in [0.717, 1.165) is 32.1 Å². The molecule has 1 N–H and O–H groups in total. The summed E-state index contributed by atoms with van der Waals surface area (Å²) in [5.74, 6) is 1.71. The summed E-state index contributed by atoms with van der Waals surface area (Å²) in [7, 11) is 0. The van der Waals surface area contributed by atoms with Crippen LogP contribution in [0.5, 0.6) is 0 Å². The monoisotopic (exact) mass is 295 g/mol. The van der Waals surface area contributed by atoms with E-state index >= 15 is 0 Å². The molecule has 0 spiro atoms. The van der Waals surface area contributed by atoms with Gasteiger partial charge in [-0.25, -0.2) is 4.79 Å². The second kappa shape index (κ2) is 7.28. The third-order valence-electron chi connectivity index (χ3n) is 5.07. The first kappa shape index (κ1) is 16.3. The highest BCUT2D eigenvalue weighted by atomic mass is 16.6. The van der Waals surface area contributed by atoms with Gasteiger partial charge in [0.15, 0.2) is 5.78 Å². The summed E-state index contributed by atoms with van der Waals surface area (Å²) >= 11 is 0. The minimum absolute atomic E-state index is 0.00700. The number of nitrogens with one attached hydrogen (secondary N) is 1. The molecule has 4 heteroatoms. The molecule has 0 aromatic heterocycles. The van der Waals surface area contributed by atoms with Crippen LogP contribution in [-0.4, -0.2) is 24.0 Å². The summed E-state index contributed by atoms with van der Waals surface area (Å²) in [5.41, 5.74) is 0. The van der Waals surface area contributed by atoms with Crippen LogP contribution in [0.4, 0.5) is 4.79 Å². The molecule has 0 saturated heterocycles. The number of hydrogen-bond acceptors (Lipinski definition) is 3. The van der Waals surface area contributed by atoms with Crippen LogP contribution < -0.4 is 5.32 Å². The highest BCUT2D eigenvalue weighted by Crippen LogP contribution is 2.35. The Morgan fingerprint density at radius 3 is 2.67 bits per heavy atom. The van der Waals surface area contributed by atoms with Crippen molar-refractivity contribution in [1.82, 2.24) is 5.32 Å². The average molecular weight is 295 g/mol. The van der Waals surface area contributed by atoms with Gasteiger partial charge in [0, 0.05) is 6.42 Å². The Labute approximate surface area is 128 Å². The zero-order chi connectivity index (χ0) is 15.4. The molecule has 2 rings (SSSR count). The Balaban J connectivity index is 1.88. The van der Waals surface area contributed by atoms with Crippen LogP contribution in [0.1, 0.15) is 65.7 Å². The molecular weight excluding hydrogens is 266 g/mol. The molecule has 0 bridgehead atoms. The zero-order valence-corrected chi connectivity index (χ0v) is 13.6. The molecule has 2 saturated carbocycles. The number of ketones is 1. The summed E-state index contributed by atoms with van der Waals surface area (Å²) in [6.45, 7) is 6.61. The van der Waals surface area contributed by atoms with E-state index in [1.165, 1.54) is 6.42 Å². The van der Waals surface area contributed by atoms with Crippen LogP contribution in [0, 0.1) is 17.8 Å². The fourth-order valence-electron chi connectivity index (χ4n) is 3.70. The van der Waals surface area contributed by atoms with E-state index in [-0.39, 0.29) is 17.9 Å². The maximum absolute atomic E-state index is 12.1. The van der Waals surface area contributed by atoms with Gasteiger partial charge in [0.2, 0.25) is 0 Å². The van der Waals surface area contributed by atoms with E-state index in [4.69, 9.17) is 4.74 Å². The van der Waals surface area contributed by atoms with E-state index in [1.54, 1.807) is 0 Å². The Morgan fingerprint density at radius 1 is 1.24 bits per heavy atom. The van der Waals surface area contributed by atoms with Crippen molar-refractivity contribution in [1.29, 1.82) is 0 Å². The fourth-order valence-corrected chi connectivity index (χ4v) is 3.70. The summed E-state index contributed by atoms with van der Waals surface area (Å²) in [4.78, 5) is 23.9. The number of Topliss-reactive ketones (excluding diaryl/α,β-unsaturated/α-hetero) is 1. The molecule has 0 aromatic rings. The zero-order valence-electron chi connectivity index (χ0n) is 13.6. The van der Waals surface area contributed by atoms with Gasteiger partial charge >= 0.3 is 6.09 Å². The predicted molar refractivity (Wildman–Crippen MR) is 82.0 cm³/mol. The molecular formula is C17H29NO3. The molecule has 2 aliphatic carbocycles. The number of amides is 1. The van der Waals surface area contributed by atoms with Crippen LogP contribution in [0.25, 0.3) is 0 Å². The van der Waals surface area contributed by atoms with Gasteiger partial charge in [-0.05, 0) is 43.4 Å². The molecule has 2 aliphatic rings. The van der Waals surface area contributed by atoms with Crippen molar-refractivity contribution in [3.63, 3.8) is 0 Å². The topological polar surface area (TPSA) is 55.4 Å². The summed E-state index contributed by atoms with van der Waals surface area (Å²) in [5, 5.41) is 2.78. The van der Waals surface area contributed by atoms with Crippen molar-refractivity contribution in [2.45, 2.75) is 77.9 Å². The molecule has 2 unspecified atom stereocenters. The number of rotatable bonds is 3. The van der Waals surface area contributed by atoms with E-state index in [1.807, 2.05) is 0 Å². The molecule has 120 valence electrons. The number of alkyl carbamates (subject to hydrolysis) is 1. The highest BCUT2D eigenvalue weighted by Gasteiger charge is 2.34. The second-order valence-corrected chi connectivity index (χ2v) is 7.18. The van der Waals surface area contributed by atoms with Crippen LogP contribution in [-0.2, 0) is 9.53 Å². The molecule has 4 atom stereocenters. The number of ether oxygens (including phenoxy) is 1. The molecule has 2 fully saturated rings. The minimum atomic E-state index is -0.403. The second-order valence-electron chi connectivity index (χ2n) is 7.18. The number of carbonyl (C=O) groups excluding carboxylic acids is 2. The van der Waals surface area contributed by atoms with E-state index in [2.05, 4.69) is 26.1 Å². The Hall–Kier alpha value is -1.06. The Morgan fingerprint density at radius 2 is 2.00 bits per heavy atom. The fraction of sp³-hybridized carbons (Fsp3) is 0.882. The van der Waals surface area contributed by atoms with Crippen LogP contribution in [0.2, 0.25) is 0 Å². The van der Waals surface area contributed by atoms with E-state index in [0.29, 0.717) is 24.2 Å². The van der Waals surface area contributed by atoms with Gasteiger partial charge in [0.25, 0.3) is 0 Å². The van der Waals surface area contributed by atoms with Crippen molar-refractivity contribution in [2.75, 3.05) is 0 Å². The summed E-state index contributed by atoms with van der Waals surface area (Å²) in [6, 6.07) is -0.329. The highest BCUT2D eigenvalue weighted by molar-refractivity contribution is 5.87. The molecule has 0 aromatic carbocycles. The molecule has 1 amide bonds. The van der Waals surface area contributed by atoms with Gasteiger partial charge in [0.1, 0.15) is 6.10 Å². The smallest absolute Gasteiger partial charge is 0.408 e. The third kappa shape index (κ3) is 4.45. The quantitative estimate of drug-likeness (QED) is 0.864. The lowest BCUT2D eigenvalue weighted by atomic mass is 9.75. The van der Waals surface area contributed by atoms with Crippen LogP contribution >= 0.6 is 0 Å². The lowest BCUT2D eigenvalue weighted by molar-refractivity contribution is -0.122. The van der Waals surface area contributed by atoms with Gasteiger partial charge in [-0.2, -0.15) is 0 Å². The van der Waals surface area contributed by atoms with Crippen LogP contribution in [0.15, 0.2) is 0 Å². The van der Waals surface area contributed by atoms with E-state index < -0.39 is 6.09 Å². The van der Waals surface area contributed by atoms with Gasteiger partial charge in [-0.15, -0.1) is 0 Å². The maximum Gasteiger partial charge on any atom is 0.408 e. The predicted octanol–water partition coefficient (Wildman–Crippen LogP) is 3.69. The minimum Gasteiger partial charge on any atom is -0.446 e. The lowest BCUT2D eigenvalue weighted by Crippen LogP contribution is -2.45. The van der Waals surface area contributed by atoms with Crippen molar-refractivity contribution in [2.24, 2.45) is 17.8 Å². The van der Waals surface area contributed by atoms with Crippen molar-refractivity contribution >= 4 is 11.9 Å². The molecule has 0 radical (unpaired) electrons. The van der Waals surface area contributed by atoms with Crippen molar-refractivity contribution in [3.8, 4) is 0 Å². The number of carbonyl (C=O) groups is 2. The maximum atomic E-state index is 12.1. The van der Waals surface area contributed by atoms with Gasteiger partial charge in [-0.1, -0.05) is 33.6 Å². The molecule has 0 heterocycles. The van der Waals surface area contributed by atoms with Gasteiger partial charge < -0.3 is 10.1 Å². The number of hydrogen-bond donors (Lipinski definition) is 1. The van der Waals surface area contributed by atoms with Gasteiger partial charge in [0.05, 0.1) is 6.04 Å². The van der Waals surface area contributed by atoms with Crippen molar-refractivity contribution in [3.05, 3.63) is 0 Å². The Bertz CT molecular complexity index is 380. The first-order valence-corrected chi connectivity index (χ1v) is 8.47. The first-order chi connectivity index (χ1) is 9.97. The average Bonchev–Trinajstić information content (AvgIpc) is 2.41.